The molecule has 0 amide bonds. The van der Waals surface area contributed by atoms with E-state index in [9.17, 15) is 8.78 Å². The van der Waals surface area contributed by atoms with Gasteiger partial charge in [0.05, 0.1) is 18.6 Å². The number of hydrogen-bond donors (Lipinski definition) is 1. The molecule has 1 unspecified atom stereocenters. The lowest BCUT2D eigenvalue weighted by atomic mass is 9.95. The smallest absolute Gasteiger partial charge is 0.260 e. The second kappa shape index (κ2) is 4.42. The summed E-state index contributed by atoms with van der Waals surface area (Å²) in [6, 6.07) is 7.40. The number of nitrogens with two attached hydrogens (primary N) is 1. The van der Waals surface area contributed by atoms with E-state index in [2.05, 4.69) is 4.90 Å². The van der Waals surface area contributed by atoms with Crippen molar-refractivity contribution >= 4 is 5.69 Å². The summed E-state index contributed by atoms with van der Waals surface area (Å²) >= 11 is 0. The van der Waals surface area contributed by atoms with Crippen molar-refractivity contribution in [3.05, 3.63) is 29.8 Å². The van der Waals surface area contributed by atoms with Crippen LogP contribution in [0.1, 0.15) is 12.0 Å². The number of benzene rings is 1. The summed E-state index contributed by atoms with van der Waals surface area (Å²) in [5.74, 6) is -2.65. The van der Waals surface area contributed by atoms with E-state index in [4.69, 9.17) is 10.5 Å². The Labute approximate surface area is 111 Å². The average molecular weight is 268 g/mol. The van der Waals surface area contributed by atoms with E-state index >= 15 is 0 Å². The molecule has 1 aliphatic carbocycles. The van der Waals surface area contributed by atoms with Gasteiger partial charge in [0.1, 0.15) is 0 Å². The predicted octanol–water partition coefficient (Wildman–Crippen LogP) is 1.76. The molecule has 1 heterocycles. The molecule has 2 aliphatic rings. The van der Waals surface area contributed by atoms with Gasteiger partial charge in [-0.05, 0) is 17.7 Å². The topological polar surface area (TPSA) is 38.5 Å². The van der Waals surface area contributed by atoms with Crippen LogP contribution in [0.25, 0.3) is 0 Å². The normalized spacial score (nSPS) is 29.3. The number of alkyl halides is 2. The molecular weight excluding hydrogens is 250 g/mol. The Kier molecular flexibility index (Phi) is 2.98. The lowest BCUT2D eigenvalue weighted by Gasteiger charge is -2.29. The molecule has 3 rings (SSSR count). The first-order chi connectivity index (χ1) is 9.09. The standard InChI is InChI=1S/C14H18F2N2O/c15-14(16)9-13(14,10-17)11-1-3-12(4-2-11)18-5-7-19-8-6-18/h1-4H,5-10,17H2. The monoisotopic (exact) mass is 268 g/mol. The van der Waals surface area contributed by atoms with Crippen molar-refractivity contribution in [3.8, 4) is 0 Å². The minimum atomic E-state index is -2.65. The van der Waals surface area contributed by atoms with Gasteiger partial charge in [-0.15, -0.1) is 0 Å². The van der Waals surface area contributed by atoms with E-state index in [-0.39, 0.29) is 13.0 Å². The maximum absolute atomic E-state index is 13.5. The first-order valence-corrected chi connectivity index (χ1v) is 6.60. The van der Waals surface area contributed by atoms with Crippen LogP contribution >= 0.6 is 0 Å². The zero-order valence-corrected chi connectivity index (χ0v) is 10.7. The number of anilines is 1. The van der Waals surface area contributed by atoms with Crippen LogP contribution < -0.4 is 10.6 Å². The van der Waals surface area contributed by atoms with Gasteiger partial charge < -0.3 is 15.4 Å². The van der Waals surface area contributed by atoms with Crippen LogP contribution in [0.4, 0.5) is 14.5 Å². The van der Waals surface area contributed by atoms with Crippen molar-refractivity contribution < 1.29 is 13.5 Å². The fourth-order valence-electron chi connectivity index (χ4n) is 2.80. The van der Waals surface area contributed by atoms with E-state index in [0.717, 1.165) is 18.8 Å². The van der Waals surface area contributed by atoms with Crippen LogP contribution in [-0.4, -0.2) is 38.8 Å². The Morgan fingerprint density at radius 1 is 1.16 bits per heavy atom. The first kappa shape index (κ1) is 12.8. The second-order valence-electron chi connectivity index (χ2n) is 5.31. The van der Waals surface area contributed by atoms with Crippen LogP contribution in [0.5, 0.6) is 0 Å². The molecule has 0 aromatic heterocycles. The molecule has 2 N–H and O–H groups in total. The van der Waals surface area contributed by atoms with Gasteiger partial charge in [0, 0.05) is 31.7 Å². The highest BCUT2D eigenvalue weighted by Crippen LogP contribution is 2.60. The maximum Gasteiger partial charge on any atom is 0.260 e. The highest BCUT2D eigenvalue weighted by Gasteiger charge is 2.70. The second-order valence-corrected chi connectivity index (χ2v) is 5.31. The highest BCUT2D eigenvalue weighted by molar-refractivity contribution is 5.51. The molecule has 1 aromatic carbocycles. The Bertz CT molecular complexity index is 457. The third kappa shape index (κ3) is 2.01. The minimum Gasteiger partial charge on any atom is -0.378 e. The summed E-state index contributed by atoms with van der Waals surface area (Å²) in [6.07, 6.45) is -0.132. The maximum atomic E-state index is 13.5. The van der Waals surface area contributed by atoms with Crippen LogP contribution in [0.2, 0.25) is 0 Å². The first-order valence-electron chi connectivity index (χ1n) is 6.60. The van der Waals surface area contributed by atoms with Gasteiger partial charge in [0.25, 0.3) is 5.92 Å². The largest absolute Gasteiger partial charge is 0.378 e. The lowest BCUT2D eigenvalue weighted by molar-refractivity contribution is 0.0896. The van der Waals surface area contributed by atoms with E-state index < -0.39 is 11.3 Å². The minimum absolute atomic E-state index is 0.00307. The molecule has 0 bridgehead atoms. The van der Waals surface area contributed by atoms with Crippen molar-refractivity contribution in [1.29, 1.82) is 0 Å². The molecule has 1 atom stereocenters. The summed E-state index contributed by atoms with van der Waals surface area (Å²) in [7, 11) is 0. The highest BCUT2D eigenvalue weighted by atomic mass is 19.3. The van der Waals surface area contributed by atoms with Gasteiger partial charge in [-0.1, -0.05) is 12.1 Å². The molecule has 5 heteroatoms. The molecule has 0 spiro atoms. The van der Waals surface area contributed by atoms with Crippen molar-refractivity contribution in [1.82, 2.24) is 0 Å². The molecule has 3 nitrogen and oxygen atoms in total. The fourth-order valence-corrected chi connectivity index (χ4v) is 2.80. The van der Waals surface area contributed by atoms with Crippen molar-refractivity contribution in [3.63, 3.8) is 0 Å². The summed E-state index contributed by atoms with van der Waals surface area (Å²) in [4.78, 5) is 2.20. The summed E-state index contributed by atoms with van der Waals surface area (Å²) < 4.78 is 32.3. The lowest BCUT2D eigenvalue weighted by Crippen LogP contribution is -2.36. The molecule has 1 saturated carbocycles. The number of ether oxygens (including phenoxy) is 1. The van der Waals surface area contributed by atoms with Gasteiger partial charge in [-0.25, -0.2) is 8.78 Å². The molecule has 1 saturated heterocycles. The molecule has 0 radical (unpaired) electrons. The summed E-state index contributed by atoms with van der Waals surface area (Å²) in [5, 5.41) is 0. The molecule has 1 aromatic rings. The van der Waals surface area contributed by atoms with Crippen LogP contribution in [0.15, 0.2) is 24.3 Å². The van der Waals surface area contributed by atoms with Gasteiger partial charge in [0.15, 0.2) is 0 Å². The molecule has 19 heavy (non-hydrogen) atoms. The number of morpholine rings is 1. The van der Waals surface area contributed by atoms with Gasteiger partial charge in [0.2, 0.25) is 0 Å². The Balaban J connectivity index is 1.79. The van der Waals surface area contributed by atoms with E-state index in [1.165, 1.54) is 0 Å². The SMILES string of the molecule is NCC1(c2ccc(N3CCOCC3)cc2)CC1(F)F. The van der Waals surface area contributed by atoms with Crippen LogP contribution in [0.3, 0.4) is 0 Å². The Morgan fingerprint density at radius 3 is 2.21 bits per heavy atom. The van der Waals surface area contributed by atoms with Gasteiger partial charge >= 0.3 is 0 Å². The third-order valence-corrected chi connectivity index (χ3v) is 4.24. The quantitative estimate of drug-likeness (QED) is 0.908. The van der Waals surface area contributed by atoms with Crippen molar-refractivity contribution in [2.24, 2.45) is 5.73 Å². The van der Waals surface area contributed by atoms with E-state index in [1.54, 1.807) is 12.1 Å². The number of halogens is 2. The summed E-state index contributed by atoms with van der Waals surface area (Å²) in [6.45, 7) is 3.12. The van der Waals surface area contributed by atoms with E-state index in [1.807, 2.05) is 12.1 Å². The third-order valence-electron chi connectivity index (χ3n) is 4.24. The van der Waals surface area contributed by atoms with Crippen molar-refractivity contribution in [2.45, 2.75) is 17.8 Å². The van der Waals surface area contributed by atoms with Crippen LogP contribution in [-0.2, 0) is 10.2 Å². The number of nitrogens with zero attached hydrogens (tertiary/aromatic N) is 1. The van der Waals surface area contributed by atoms with E-state index in [0.29, 0.717) is 18.8 Å². The Hall–Kier alpha value is -1.20. The number of hydrogen-bond acceptors (Lipinski definition) is 3. The average Bonchev–Trinajstić information content (AvgIpc) is 3.03. The van der Waals surface area contributed by atoms with Gasteiger partial charge in [-0.3, -0.25) is 0 Å². The van der Waals surface area contributed by atoms with Crippen LogP contribution in [0, 0.1) is 0 Å². The molecule has 1 aliphatic heterocycles. The molecule has 2 fully saturated rings. The predicted molar refractivity (Wildman–Crippen MR) is 69.8 cm³/mol. The fraction of sp³-hybridized carbons (Fsp3) is 0.571. The molecule has 104 valence electrons. The summed E-state index contributed by atoms with van der Waals surface area (Å²) in [5.41, 5.74) is 6.13. The molecular formula is C14H18F2N2O. The van der Waals surface area contributed by atoms with Gasteiger partial charge in [-0.2, -0.15) is 0 Å². The zero-order chi connectivity index (χ0) is 13.5. The zero-order valence-electron chi connectivity index (χ0n) is 10.7. The Morgan fingerprint density at radius 2 is 1.74 bits per heavy atom. The van der Waals surface area contributed by atoms with Crippen molar-refractivity contribution in [2.75, 3.05) is 37.7 Å². The number of rotatable bonds is 3.